The van der Waals surface area contributed by atoms with Crippen molar-refractivity contribution < 1.29 is 19.1 Å². The largest absolute Gasteiger partial charge is 0.492 e. The molecule has 0 aliphatic carbocycles. The highest BCUT2D eigenvalue weighted by Crippen LogP contribution is 2.23. The molecule has 6 nitrogen and oxygen atoms in total. The van der Waals surface area contributed by atoms with Crippen molar-refractivity contribution in [2.45, 2.75) is 31.8 Å². The summed E-state index contributed by atoms with van der Waals surface area (Å²) >= 11 is 5.98. The molecule has 7 heteroatoms. The Bertz CT molecular complexity index is 547. The van der Waals surface area contributed by atoms with Crippen molar-refractivity contribution in [2.75, 3.05) is 26.3 Å². The zero-order chi connectivity index (χ0) is 17.2. The third-order valence-electron chi connectivity index (χ3n) is 3.61. The van der Waals surface area contributed by atoms with Crippen LogP contribution in [0.3, 0.4) is 0 Å². The van der Waals surface area contributed by atoms with E-state index in [1.165, 1.54) is 0 Å². The van der Waals surface area contributed by atoms with Gasteiger partial charge in [0.05, 0.1) is 11.6 Å². The van der Waals surface area contributed by atoms with Gasteiger partial charge in [-0.1, -0.05) is 23.7 Å². The number of para-hydroxylation sites is 1. The van der Waals surface area contributed by atoms with Crippen molar-refractivity contribution in [2.24, 2.45) is 0 Å². The molecule has 0 aromatic heterocycles. The number of amides is 2. The van der Waals surface area contributed by atoms with Gasteiger partial charge in [0.2, 0.25) is 11.8 Å². The number of nitrogens with one attached hydrogen (secondary N) is 2. The van der Waals surface area contributed by atoms with E-state index < -0.39 is 0 Å². The van der Waals surface area contributed by atoms with Gasteiger partial charge in [0.1, 0.15) is 11.9 Å². The number of rotatable bonds is 9. The Morgan fingerprint density at radius 3 is 2.79 bits per heavy atom. The van der Waals surface area contributed by atoms with Gasteiger partial charge in [0, 0.05) is 26.1 Å². The zero-order valence-corrected chi connectivity index (χ0v) is 14.3. The van der Waals surface area contributed by atoms with Gasteiger partial charge in [0.25, 0.3) is 0 Å². The minimum absolute atomic E-state index is 0.0656. The van der Waals surface area contributed by atoms with Crippen LogP contribution in [0.4, 0.5) is 0 Å². The van der Waals surface area contributed by atoms with Crippen LogP contribution in [0.2, 0.25) is 5.02 Å². The summed E-state index contributed by atoms with van der Waals surface area (Å²) in [7, 11) is 0. The standard InChI is InChI=1S/C17H23ClN2O4/c18-13-5-1-2-6-14(13)23-12-4-8-16(21)19-9-10-20-17(22)15-7-3-11-24-15/h1-2,5-6,15H,3-4,7-12H2,(H,19,21)(H,20,22). The maximum Gasteiger partial charge on any atom is 0.249 e. The van der Waals surface area contributed by atoms with Crippen LogP contribution in [0, 0.1) is 0 Å². The van der Waals surface area contributed by atoms with E-state index >= 15 is 0 Å². The molecule has 0 bridgehead atoms. The Hall–Kier alpha value is -1.79. The number of carbonyl (C=O) groups excluding carboxylic acids is 2. The minimum atomic E-state index is -0.331. The van der Waals surface area contributed by atoms with Crippen LogP contribution < -0.4 is 15.4 Å². The highest BCUT2D eigenvalue weighted by atomic mass is 35.5. The van der Waals surface area contributed by atoms with E-state index in [1.54, 1.807) is 12.1 Å². The fourth-order valence-electron chi connectivity index (χ4n) is 2.35. The SMILES string of the molecule is O=C(CCCOc1ccccc1Cl)NCCNC(=O)C1CCCO1. The number of ether oxygens (including phenoxy) is 2. The molecule has 24 heavy (non-hydrogen) atoms. The molecule has 1 fully saturated rings. The fraction of sp³-hybridized carbons (Fsp3) is 0.529. The Kier molecular flexibility index (Phi) is 7.85. The topological polar surface area (TPSA) is 76.7 Å². The maximum absolute atomic E-state index is 11.7. The van der Waals surface area contributed by atoms with Gasteiger partial charge in [0.15, 0.2) is 0 Å². The molecular weight excluding hydrogens is 332 g/mol. The van der Waals surface area contributed by atoms with E-state index in [2.05, 4.69) is 10.6 Å². The lowest BCUT2D eigenvalue weighted by molar-refractivity contribution is -0.130. The summed E-state index contributed by atoms with van der Waals surface area (Å²) in [5.74, 6) is 0.454. The summed E-state index contributed by atoms with van der Waals surface area (Å²) in [6.07, 6.45) is 2.32. The average Bonchev–Trinajstić information content (AvgIpc) is 3.11. The number of benzene rings is 1. The molecule has 1 aliphatic heterocycles. The molecular formula is C17H23ClN2O4. The van der Waals surface area contributed by atoms with Crippen LogP contribution in [-0.4, -0.2) is 44.2 Å². The van der Waals surface area contributed by atoms with E-state index in [0.29, 0.717) is 49.9 Å². The van der Waals surface area contributed by atoms with E-state index in [0.717, 1.165) is 12.8 Å². The predicted octanol–water partition coefficient (Wildman–Crippen LogP) is 1.91. The second-order valence-corrected chi connectivity index (χ2v) is 5.93. The molecule has 132 valence electrons. The quantitative estimate of drug-likeness (QED) is 0.664. The summed E-state index contributed by atoms with van der Waals surface area (Å²) < 4.78 is 10.8. The number of carbonyl (C=O) groups is 2. The smallest absolute Gasteiger partial charge is 0.249 e. The zero-order valence-electron chi connectivity index (χ0n) is 13.6. The Morgan fingerprint density at radius 2 is 2.04 bits per heavy atom. The third-order valence-corrected chi connectivity index (χ3v) is 3.92. The monoisotopic (exact) mass is 354 g/mol. The summed E-state index contributed by atoms with van der Waals surface area (Å²) in [6, 6.07) is 7.23. The molecule has 0 radical (unpaired) electrons. The summed E-state index contributed by atoms with van der Waals surface area (Å²) in [5, 5.41) is 6.08. The molecule has 2 N–H and O–H groups in total. The molecule has 0 saturated carbocycles. The summed E-state index contributed by atoms with van der Waals surface area (Å²) in [5.41, 5.74) is 0. The number of hydrogen-bond acceptors (Lipinski definition) is 4. The van der Waals surface area contributed by atoms with Crippen molar-refractivity contribution in [3.05, 3.63) is 29.3 Å². The van der Waals surface area contributed by atoms with Gasteiger partial charge in [-0.05, 0) is 31.4 Å². The Balaban J connectivity index is 1.49. The van der Waals surface area contributed by atoms with Gasteiger partial charge in [-0.25, -0.2) is 0 Å². The first-order chi connectivity index (χ1) is 11.7. The van der Waals surface area contributed by atoms with Crippen LogP contribution in [-0.2, 0) is 14.3 Å². The maximum atomic E-state index is 11.7. The first-order valence-electron chi connectivity index (χ1n) is 8.20. The molecule has 1 atom stereocenters. The second kappa shape index (κ2) is 10.2. The molecule has 1 aliphatic rings. The highest BCUT2D eigenvalue weighted by molar-refractivity contribution is 6.32. The van der Waals surface area contributed by atoms with Crippen molar-refractivity contribution in [1.82, 2.24) is 10.6 Å². The van der Waals surface area contributed by atoms with Crippen molar-refractivity contribution in [3.8, 4) is 5.75 Å². The fourth-order valence-corrected chi connectivity index (χ4v) is 2.54. The van der Waals surface area contributed by atoms with Gasteiger partial charge >= 0.3 is 0 Å². The van der Waals surface area contributed by atoms with Crippen LogP contribution in [0.25, 0.3) is 0 Å². The van der Waals surface area contributed by atoms with E-state index in [4.69, 9.17) is 21.1 Å². The van der Waals surface area contributed by atoms with E-state index in [9.17, 15) is 9.59 Å². The highest BCUT2D eigenvalue weighted by Gasteiger charge is 2.22. The lowest BCUT2D eigenvalue weighted by atomic mass is 10.2. The third kappa shape index (κ3) is 6.37. The predicted molar refractivity (Wildman–Crippen MR) is 91.2 cm³/mol. The molecule has 0 spiro atoms. The first-order valence-corrected chi connectivity index (χ1v) is 8.58. The van der Waals surface area contributed by atoms with Crippen molar-refractivity contribution in [1.29, 1.82) is 0 Å². The van der Waals surface area contributed by atoms with E-state index in [1.807, 2.05) is 12.1 Å². The number of hydrogen-bond donors (Lipinski definition) is 2. The first kappa shape index (κ1) is 18.5. The normalized spacial score (nSPS) is 16.6. The second-order valence-electron chi connectivity index (χ2n) is 5.53. The lowest BCUT2D eigenvalue weighted by Crippen LogP contribution is -2.39. The van der Waals surface area contributed by atoms with Crippen molar-refractivity contribution >= 4 is 23.4 Å². The van der Waals surface area contributed by atoms with E-state index in [-0.39, 0.29) is 17.9 Å². The molecule has 1 heterocycles. The molecule has 2 amide bonds. The van der Waals surface area contributed by atoms with Gasteiger partial charge in [-0.15, -0.1) is 0 Å². The van der Waals surface area contributed by atoms with Gasteiger partial charge in [-0.3, -0.25) is 9.59 Å². The molecule has 2 rings (SSSR count). The minimum Gasteiger partial charge on any atom is -0.492 e. The molecule has 1 unspecified atom stereocenters. The average molecular weight is 355 g/mol. The van der Waals surface area contributed by atoms with Crippen LogP contribution in [0.1, 0.15) is 25.7 Å². The van der Waals surface area contributed by atoms with Crippen molar-refractivity contribution in [3.63, 3.8) is 0 Å². The van der Waals surface area contributed by atoms with Crippen LogP contribution in [0.5, 0.6) is 5.75 Å². The Morgan fingerprint density at radius 1 is 1.25 bits per heavy atom. The van der Waals surface area contributed by atoms with Gasteiger partial charge < -0.3 is 20.1 Å². The number of halogens is 1. The molecule has 1 aromatic rings. The van der Waals surface area contributed by atoms with Gasteiger partial charge in [-0.2, -0.15) is 0 Å². The summed E-state index contributed by atoms with van der Waals surface area (Å²) in [4.78, 5) is 23.4. The molecule has 1 aromatic carbocycles. The lowest BCUT2D eigenvalue weighted by Gasteiger charge is -2.11. The molecule has 1 saturated heterocycles. The summed E-state index contributed by atoms with van der Waals surface area (Å²) in [6.45, 7) is 1.88. The van der Waals surface area contributed by atoms with Crippen LogP contribution >= 0.6 is 11.6 Å². The Labute approximate surface area is 146 Å². The van der Waals surface area contributed by atoms with Crippen LogP contribution in [0.15, 0.2) is 24.3 Å².